The van der Waals surface area contributed by atoms with Crippen LogP contribution < -0.4 is 0 Å². The maximum Gasteiger partial charge on any atom is 0.182 e. The molecule has 0 fully saturated rings. The Morgan fingerprint density at radius 2 is 2.43 bits per heavy atom. The Hall–Kier alpha value is -0.170. The summed E-state index contributed by atoms with van der Waals surface area (Å²) in [6.07, 6.45) is 1.71. The van der Waals surface area contributed by atoms with Crippen molar-refractivity contribution in [2.75, 3.05) is 6.61 Å². The van der Waals surface area contributed by atoms with E-state index in [1.165, 1.54) is 0 Å². The van der Waals surface area contributed by atoms with Gasteiger partial charge in [-0.15, -0.1) is 0 Å². The van der Waals surface area contributed by atoms with E-state index in [1.807, 2.05) is 13.8 Å². The number of hydrogen-bond acceptors (Lipinski definition) is 1. The molecule has 0 aromatic heterocycles. The molecule has 0 aliphatic carbocycles. The van der Waals surface area contributed by atoms with Crippen LogP contribution in [0, 0.1) is 0 Å². The second-order valence-electron chi connectivity index (χ2n) is 1.03. The molecule has 0 bridgehead atoms. The van der Waals surface area contributed by atoms with Crippen molar-refractivity contribution in [2.24, 2.45) is 0 Å². The van der Waals surface area contributed by atoms with Crippen LogP contribution in [0.3, 0.4) is 0 Å². The van der Waals surface area contributed by atoms with Crippen molar-refractivity contribution in [2.45, 2.75) is 13.8 Å². The van der Waals surface area contributed by atoms with Crippen LogP contribution in [0.5, 0.6) is 0 Å². The lowest BCUT2D eigenvalue weighted by molar-refractivity contribution is 0.254. The van der Waals surface area contributed by atoms with Crippen LogP contribution >= 0.6 is 11.6 Å². The fourth-order valence-corrected chi connectivity index (χ4v) is 0.330. The van der Waals surface area contributed by atoms with Crippen molar-refractivity contribution in [3.8, 4) is 0 Å². The van der Waals surface area contributed by atoms with Gasteiger partial charge in [-0.25, -0.2) is 0 Å². The zero-order chi connectivity index (χ0) is 5.70. The summed E-state index contributed by atoms with van der Waals surface area (Å²) < 4.78 is 4.82. The molecule has 0 saturated heterocycles. The third kappa shape index (κ3) is 3.67. The number of halogens is 1. The van der Waals surface area contributed by atoms with Gasteiger partial charge in [0.15, 0.2) is 5.22 Å². The first-order valence-corrected chi connectivity index (χ1v) is 2.63. The van der Waals surface area contributed by atoms with Crippen LogP contribution in [-0.4, -0.2) is 6.61 Å². The van der Waals surface area contributed by atoms with E-state index >= 15 is 0 Å². The van der Waals surface area contributed by atoms with E-state index in [0.717, 1.165) is 0 Å². The lowest BCUT2D eigenvalue weighted by Crippen LogP contribution is -1.81. The molecular formula is C5H9ClO. The Morgan fingerprint density at radius 3 is 2.57 bits per heavy atom. The second kappa shape index (κ2) is 4.00. The molecule has 0 unspecified atom stereocenters. The molecule has 0 aromatic rings. The summed E-state index contributed by atoms with van der Waals surface area (Å²) in [7, 11) is 0. The number of hydrogen-bond donors (Lipinski definition) is 0. The molecule has 0 radical (unpaired) electrons. The Kier molecular flexibility index (Phi) is 3.90. The SMILES string of the molecule is CC=C(Cl)OCC. The molecule has 0 saturated carbocycles. The van der Waals surface area contributed by atoms with Gasteiger partial charge in [-0.2, -0.15) is 0 Å². The van der Waals surface area contributed by atoms with E-state index in [9.17, 15) is 0 Å². The van der Waals surface area contributed by atoms with Crippen molar-refractivity contribution >= 4 is 11.6 Å². The average Bonchev–Trinajstić information content (AvgIpc) is 1.68. The van der Waals surface area contributed by atoms with Crippen molar-refractivity contribution in [1.29, 1.82) is 0 Å². The lowest BCUT2D eigenvalue weighted by Gasteiger charge is -1.95. The summed E-state index contributed by atoms with van der Waals surface area (Å²) in [4.78, 5) is 0. The highest BCUT2D eigenvalue weighted by Crippen LogP contribution is 2.00. The first kappa shape index (κ1) is 6.83. The normalized spacial score (nSPS) is 11.6. The van der Waals surface area contributed by atoms with Crippen LogP contribution in [-0.2, 0) is 4.74 Å². The van der Waals surface area contributed by atoms with Gasteiger partial charge in [0, 0.05) is 0 Å². The van der Waals surface area contributed by atoms with E-state index in [0.29, 0.717) is 11.8 Å². The largest absolute Gasteiger partial charge is 0.483 e. The van der Waals surface area contributed by atoms with E-state index in [4.69, 9.17) is 16.3 Å². The molecule has 1 nitrogen and oxygen atoms in total. The Balaban J connectivity index is 3.17. The first-order chi connectivity index (χ1) is 3.31. The van der Waals surface area contributed by atoms with Gasteiger partial charge in [-0.05, 0) is 31.5 Å². The fourth-order valence-electron chi connectivity index (χ4n) is 0.221. The molecule has 0 aromatic carbocycles. The quantitative estimate of drug-likeness (QED) is 0.508. The summed E-state index contributed by atoms with van der Waals surface area (Å²) in [5, 5.41) is 0.475. The van der Waals surface area contributed by atoms with Crippen LogP contribution in [0.2, 0.25) is 0 Å². The Bertz CT molecular complexity index is 68.5. The van der Waals surface area contributed by atoms with Gasteiger partial charge >= 0.3 is 0 Å². The predicted octanol–water partition coefficient (Wildman–Crippen LogP) is 2.12. The minimum Gasteiger partial charge on any atom is -0.483 e. The molecule has 42 valence electrons. The average molecular weight is 121 g/mol. The minimum atomic E-state index is 0.475. The van der Waals surface area contributed by atoms with Gasteiger partial charge in [0.05, 0.1) is 6.61 Å². The fraction of sp³-hybridized carbons (Fsp3) is 0.600. The predicted molar refractivity (Wildman–Crippen MR) is 31.2 cm³/mol. The van der Waals surface area contributed by atoms with Gasteiger partial charge in [-0.1, -0.05) is 0 Å². The third-order valence-corrected chi connectivity index (χ3v) is 0.837. The molecule has 0 heterocycles. The minimum absolute atomic E-state index is 0.475. The monoisotopic (exact) mass is 120 g/mol. The van der Waals surface area contributed by atoms with E-state index in [2.05, 4.69) is 0 Å². The van der Waals surface area contributed by atoms with Gasteiger partial charge in [0.1, 0.15) is 0 Å². The van der Waals surface area contributed by atoms with Crippen LogP contribution in [0.25, 0.3) is 0 Å². The number of ether oxygens (including phenoxy) is 1. The molecule has 7 heavy (non-hydrogen) atoms. The van der Waals surface area contributed by atoms with Crippen molar-refractivity contribution in [1.82, 2.24) is 0 Å². The molecule has 0 aliphatic heterocycles. The zero-order valence-corrected chi connectivity index (χ0v) is 5.33. The standard InChI is InChI=1S/C5H9ClO/c1-3-5(6)7-4-2/h3H,4H2,1-2H3. The summed E-state index contributed by atoms with van der Waals surface area (Å²) in [5.74, 6) is 0. The highest BCUT2D eigenvalue weighted by Gasteiger charge is 1.81. The highest BCUT2D eigenvalue weighted by molar-refractivity contribution is 6.28. The number of rotatable bonds is 2. The molecule has 2 heteroatoms. The van der Waals surface area contributed by atoms with Gasteiger partial charge in [-0.3, -0.25) is 0 Å². The molecular weight excluding hydrogens is 112 g/mol. The lowest BCUT2D eigenvalue weighted by atomic mass is 10.7. The summed E-state index contributed by atoms with van der Waals surface area (Å²) in [6.45, 7) is 4.37. The number of allylic oxidation sites excluding steroid dienone is 1. The van der Waals surface area contributed by atoms with Crippen molar-refractivity contribution in [3.05, 3.63) is 11.3 Å². The smallest absolute Gasteiger partial charge is 0.182 e. The van der Waals surface area contributed by atoms with Crippen LogP contribution in [0.1, 0.15) is 13.8 Å². The summed E-state index contributed by atoms with van der Waals surface area (Å²) >= 11 is 5.40. The van der Waals surface area contributed by atoms with Gasteiger partial charge in [0.2, 0.25) is 0 Å². The van der Waals surface area contributed by atoms with Crippen LogP contribution in [0.15, 0.2) is 11.3 Å². The topological polar surface area (TPSA) is 9.23 Å². The maximum absolute atomic E-state index is 5.40. The Morgan fingerprint density at radius 1 is 1.86 bits per heavy atom. The van der Waals surface area contributed by atoms with Gasteiger partial charge in [0.25, 0.3) is 0 Å². The molecule has 0 rings (SSSR count). The van der Waals surface area contributed by atoms with E-state index in [-0.39, 0.29) is 0 Å². The molecule has 0 aliphatic rings. The van der Waals surface area contributed by atoms with Crippen molar-refractivity contribution in [3.63, 3.8) is 0 Å². The first-order valence-electron chi connectivity index (χ1n) is 2.25. The third-order valence-electron chi connectivity index (χ3n) is 0.509. The van der Waals surface area contributed by atoms with E-state index < -0.39 is 0 Å². The molecule has 0 spiro atoms. The summed E-state index contributed by atoms with van der Waals surface area (Å²) in [5.41, 5.74) is 0. The van der Waals surface area contributed by atoms with Crippen molar-refractivity contribution < 1.29 is 4.74 Å². The van der Waals surface area contributed by atoms with Crippen LogP contribution in [0.4, 0.5) is 0 Å². The second-order valence-corrected chi connectivity index (χ2v) is 1.40. The van der Waals surface area contributed by atoms with E-state index in [1.54, 1.807) is 6.08 Å². The molecule has 0 atom stereocenters. The molecule has 0 amide bonds. The highest BCUT2D eigenvalue weighted by atomic mass is 35.5. The zero-order valence-electron chi connectivity index (χ0n) is 4.57. The Labute approximate surface area is 48.9 Å². The van der Waals surface area contributed by atoms with Gasteiger partial charge < -0.3 is 4.74 Å². The maximum atomic E-state index is 5.40. The molecule has 0 N–H and O–H groups in total. The summed E-state index contributed by atoms with van der Waals surface area (Å²) in [6, 6.07) is 0.